The molecular formula is C32H46N4O3. The second kappa shape index (κ2) is 10.9. The number of piperidine rings is 1. The molecule has 39 heavy (non-hydrogen) atoms. The van der Waals surface area contributed by atoms with Gasteiger partial charge in [0.25, 0.3) is 5.91 Å². The summed E-state index contributed by atoms with van der Waals surface area (Å²) in [6.07, 6.45) is 15.6. The third-order valence-electron chi connectivity index (χ3n) is 10.4. The lowest BCUT2D eigenvalue weighted by Crippen LogP contribution is -2.60. The van der Waals surface area contributed by atoms with Gasteiger partial charge in [0, 0.05) is 57.4 Å². The van der Waals surface area contributed by atoms with Gasteiger partial charge < -0.3 is 24.8 Å². The highest BCUT2D eigenvalue weighted by Gasteiger charge is 2.51. The van der Waals surface area contributed by atoms with E-state index in [1.165, 1.54) is 74.3 Å². The van der Waals surface area contributed by atoms with E-state index in [9.17, 15) is 14.7 Å². The summed E-state index contributed by atoms with van der Waals surface area (Å²) in [7, 11) is 2.10. The molecule has 2 N–H and O–H groups in total. The van der Waals surface area contributed by atoms with E-state index < -0.39 is 5.60 Å². The Morgan fingerprint density at radius 2 is 1.51 bits per heavy atom. The van der Waals surface area contributed by atoms with Crippen LogP contribution in [0.1, 0.15) is 88.5 Å². The number of amides is 2. The number of aromatic nitrogens is 1. The van der Waals surface area contributed by atoms with E-state index in [2.05, 4.69) is 47.4 Å². The Bertz CT molecular complexity index is 1180. The lowest BCUT2D eigenvalue weighted by Gasteiger charge is -2.49. The summed E-state index contributed by atoms with van der Waals surface area (Å²) in [5.41, 5.74) is 1.67. The Morgan fingerprint density at radius 3 is 2.18 bits per heavy atom. The van der Waals surface area contributed by atoms with Crippen LogP contribution in [0.5, 0.6) is 0 Å². The number of rotatable bonds is 3. The molecule has 1 spiro atoms. The fourth-order valence-corrected chi connectivity index (χ4v) is 7.75. The number of aliphatic hydroxyl groups is 1. The van der Waals surface area contributed by atoms with Crippen molar-refractivity contribution < 1.29 is 14.7 Å². The lowest BCUT2D eigenvalue weighted by molar-refractivity contribution is -0.148. The fourth-order valence-electron chi connectivity index (χ4n) is 7.75. The largest absolute Gasteiger partial charge is 0.380 e. The van der Waals surface area contributed by atoms with E-state index in [1.54, 1.807) is 4.90 Å². The van der Waals surface area contributed by atoms with Crippen LogP contribution in [-0.2, 0) is 16.6 Å². The van der Waals surface area contributed by atoms with Gasteiger partial charge in [-0.25, -0.2) is 0 Å². The molecule has 2 aliphatic heterocycles. The zero-order chi connectivity index (χ0) is 27.0. The Morgan fingerprint density at radius 1 is 0.872 bits per heavy atom. The van der Waals surface area contributed by atoms with E-state index in [-0.39, 0.29) is 23.3 Å². The van der Waals surface area contributed by atoms with Crippen molar-refractivity contribution >= 4 is 22.7 Å². The maximum atomic E-state index is 13.9. The summed E-state index contributed by atoms with van der Waals surface area (Å²) >= 11 is 0. The number of hydrogen-bond acceptors (Lipinski definition) is 4. The predicted molar refractivity (Wildman–Crippen MR) is 153 cm³/mol. The monoisotopic (exact) mass is 534 g/mol. The molecule has 7 heteroatoms. The molecule has 1 aromatic carbocycles. The SMILES string of the molecule is Cn1ccc2cc(C3CNC(C(=O)N4CCN(C(=O)C5(O)CC5)CC4)CC34CCCCCCCCC4)ccc21. The van der Waals surface area contributed by atoms with Crippen LogP contribution in [-0.4, -0.2) is 75.7 Å². The molecule has 4 fully saturated rings. The fraction of sp³-hybridized carbons (Fsp3) is 0.688. The average molecular weight is 535 g/mol. The molecule has 3 heterocycles. The first-order chi connectivity index (χ1) is 18.9. The predicted octanol–water partition coefficient (Wildman–Crippen LogP) is 4.33. The molecule has 2 aromatic rings. The summed E-state index contributed by atoms with van der Waals surface area (Å²) in [6.45, 7) is 2.98. The van der Waals surface area contributed by atoms with Gasteiger partial charge in [-0.15, -0.1) is 0 Å². The van der Waals surface area contributed by atoms with Crippen molar-refractivity contribution in [2.24, 2.45) is 12.5 Å². The molecule has 0 radical (unpaired) electrons. The maximum Gasteiger partial charge on any atom is 0.254 e. The van der Waals surface area contributed by atoms with Crippen molar-refractivity contribution in [1.82, 2.24) is 19.7 Å². The van der Waals surface area contributed by atoms with Crippen LogP contribution in [0, 0.1) is 5.41 Å². The Hall–Kier alpha value is -2.38. The molecule has 2 unspecified atom stereocenters. The minimum Gasteiger partial charge on any atom is -0.380 e. The lowest BCUT2D eigenvalue weighted by atomic mass is 9.60. The maximum absolute atomic E-state index is 13.9. The van der Waals surface area contributed by atoms with E-state index in [1.807, 2.05) is 4.90 Å². The minimum absolute atomic E-state index is 0.123. The van der Waals surface area contributed by atoms with Gasteiger partial charge in [-0.1, -0.05) is 51.0 Å². The highest BCUT2D eigenvalue weighted by atomic mass is 16.3. The average Bonchev–Trinajstić information content (AvgIpc) is 3.62. The first-order valence-electron chi connectivity index (χ1n) is 15.5. The Labute approximate surface area is 232 Å². The van der Waals surface area contributed by atoms with Gasteiger partial charge in [0.05, 0.1) is 6.04 Å². The molecule has 6 rings (SSSR count). The summed E-state index contributed by atoms with van der Waals surface area (Å²) in [4.78, 5) is 30.2. The zero-order valence-electron chi connectivity index (χ0n) is 23.7. The molecule has 1 aromatic heterocycles. The summed E-state index contributed by atoms with van der Waals surface area (Å²) in [5, 5.41) is 15.2. The van der Waals surface area contributed by atoms with Crippen LogP contribution in [0.4, 0.5) is 0 Å². The van der Waals surface area contributed by atoms with Crippen molar-refractivity contribution in [2.75, 3.05) is 32.7 Å². The third-order valence-corrected chi connectivity index (χ3v) is 10.4. The number of hydrogen-bond donors (Lipinski definition) is 2. The molecule has 7 nitrogen and oxygen atoms in total. The standard InChI is InChI=1S/C32H46N4O3/c1-34-16-11-25-21-24(9-10-28(25)34)26-23-33-27(22-31(26)12-7-5-3-2-4-6-8-13-31)29(37)35-17-19-36(20-18-35)30(38)32(39)14-15-32/h9-11,16,21,26-27,33,39H,2-8,12-15,17-20,22-23H2,1H3. The second-order valence-electron chi connectivity index (χ2n) is 12.9. The number of carbonyl (C=O) groups excluding carboxylic acids is 2. The van der Waals surface area contributed by atoms with Crippen molar-refractivity contribution in [1.29, 1.82) is 0 Å². The van der Waals surface area contributed by atoms with Crippen LogP contribution in [0.2, 0.25) is 0 Å². The van der Waals surface area contributed by atoms with Gasteiger partial charge >= 0.3 is 0 Å². The van der Waals surface area contributed by atoms with Crippen molar-refractivity contribution in [3.63, 3.8) is 0 Å². The van der Waals surface area contributed by atoms with Gasteiger partial charge in [0.15, 0.2) is 0 Å². The number of nitrogens with zero attached hydrogens (tertiary/aromatic N) is 3. The minimum atomic E-state index is -1.13. The van der Waals surface area contributed by atoms with E-state index in [0.29, 0.717) is 44.9 Å². The highest BCUT2D eigenvalue weighted by molar-refractivity contribution is 5.88. The highest BCUT2D eigenvalue weighted by Crippen LogP contribution is 2.51. The molecule has 2 amide bonds. The van der Waals surface area contributed by atoms with Gasteiger partial charge in [0.2, 0.25) is 5.91 Å². The normalized spacial score (nSPS) is 27.4. The Balaban J connectivity index is 1.20. The molecular weight excluding hydrogens is 488 g/mol. The van der Waals surface area contributed by atoms with Crippen LogP contribution in [0.3, 0.4) is 0 Å². The van der Waals surface area contributed by atoms with Gasteiger partial charge in [-0.3, -0.25) is 9.59 Å². The quantitative estimate of drug-likeness (QED) is 0.615. The molecule has 2 saturated heterocycles. The van der Waals surface area contributed by atoms with Crippen LogP contribution < -0.4 is 5.32 Å². The smallest absolute Gasteiger partial charge is 0.254 e. The second-order valence-corrected chi connectivity index (χ2v) is 12.9. The van der Waals surface area contributed by atoms with E-state index in [0.717, 1.165) is 13.0 Å². The number of nitrogens with one attached hydrogen (secondary N) is 1. The summed E-state index contributed by atoms with van der Waals surface area (Å²) in [6, 6.07) is 9.05. The van der Waals surface area contributed by atoms with E-state index in [4.69, 9.17) is 0 Å². The number of carbonyl (C=O) groups is 2. The molecule has 2 atom stereocenters. The molecule has 4 aliphatic rings. The van der Waals surface area contributed by atoms with Crippen LogP contribution in [0.15, 0.2) is 30.5 Å². The molecule has 2 aliphatic carbocycles. The first kappa shape index (κ1) is 26.8. The first-order valence-corrected chi connectivity index (χ1v) is 15.5. The topological polar surface area (TPSA) is 77.8 Å². The van der Waals surface area contributed by atoms with Crippen molar-refractivity contribution in [2.45, 2.75) is 94.6 Å². The number of aryl methyl sites for hydroxylation is 1. The molecule has 0 bridgehead atoms. The summed E-state index contributed by atoms with van der Waals surface area (Å²) < 4.78 is 2.19. The van der Waals surface area contributed by atoms with Gasteiger partial charge in [-0.2, -0.15) is 0 Å². The van der Waals surface area contributed by atoms with Crippen molar-refractivity contribution in [3.05, 3.63) is 36.0 Å². The number of fused-ring (bicyclic) bond motifs is 1. The molecule has 2 saturated carbocycles. The zero-order valence-corrected chi connectivity index (χ0v) is 23.7. The third kappa shape index (κ3) is 5.37. The van der Waals surface area contributed by atoms with Crippen LogP contribution in [0.25, 0.3) is 10.9 Å². The number of piperazine rings is 1. The van der Waals surface area contributed by atoms with E-state index >= 15 is 0 Å². The van der Waals surface area contributed by atoms with Gasteiger partial charge in [0.1, 0.15) is 5.60 Å². The summed E-state index contributed by atoms with van der Waals surface area (Å²) in [5.74, 6) is 0.448. The van der Waals surface area contributed by atoms with Crippen molar-refractivity contribution in [3.8, 4) is 0 Å². The van der Waals surface area contributed by atoms with Crippen LogP contribution >= 0.6 is 0 Å². The molecule has 212 valence electrons. The number of benzene rings is 1. The van der Waals surface area contributed by atoms with Gasteiger partial charge in [-0.05, 0) is 66.7 Å². The Kier molecular flexibility index (Phi) is 7.49.